The van der Waals surface area contributed by atoms with E-state index in [0.717, 1.165) is 20.9 Å². The van der Waals surface area contributed by atoms with Crippen LogP contribution in [0, 0.1) is 0 Å². The van der Waals surface area contributed by atoms with Crippen molar-refractivity contribution in [1.29, 1.82) is 0 Å². The van der Waals surface area contributed by atoms with Crippen LogP contribution in [0.5, 0.6) is 0 Å². The van der Waals surface area contributed by atoms with Crippen molar-refractivity contribution in [2.75, 3.05) is 0 Å². The molecule has 0 aliphatic carbocycles. The number of rotatable bonds is 3. The molecule has 1 aromatic carbocycles. The molecule has 0 aliphatic rings. The second-order valence-electron chi connectivity index (χ2n) is 4.02. The molecule has 0 radical (unpaired) electrons. The Bertz CT molecular complexity index is 698. The minimum Gasteiger partial charge on any atom is -0.478 e. The number of carbonyl (C=O) groups is 1. The molecule has 2 aromatic heterocycles. The van der Waals surface area contributed by atoms with E-state index in [1.54, 1.807) is 28.7 Å². The minimum absolute atomic E-state index is 0.355. The van der Waals surface area contributed by atoms with E-state index in [-0.39, 0.29) is 0 Å². The highest BCUT2D eigenvalue weighted by Crippen LogP contribution is 2.33. The summed E-state index contributed by atoms with van der Waals surface area (Å²) in [4.78, 5) is 13.5. The summed E-state index contributed by atoms with van der Waals surface area (Å²) in [5.41, 5.74) is 2.09. The van der Waals surface area contributed by atoms with Crippen molar-refractivity contribution in [3.05, 3.63) is 58.8 Å². The molecule has 0 saturated carbocycles. The zero-order chi connectivity index (χ0) is 13.2. The largest absolute Gasteiger partial charge is 0.478 e. The van der Waals surface area contributed by atoms with Crippen LogP contribution in [0.25, 0.3) is 20.9 Å². The van der Waals surface area contributed by atoms with E-state index in [1.165, 1.54) is 0 Å². The van der Waals surface area contributed by atoms with Crippen LogP contribution in [0.2, 0.25) is 0 Å². The van der Waals surface area contributed by atoms with Crippen LogP contribution in [0.3, 0.4) is 0 Å². The molecule has 0 bridgehead atoms. The Hall–Kier alpha value is -1.91. The SMILES string of the molecule is O=C(O)c1cc(-c2cccs2)ccc1-c1cccs1. The van der Waals surface area contributed by atoms with Crippen molar-refractivity contribution in [1.82, 2.24) is 0 Å². The van der Waals surface area contributed by atoms with Crippen LogP contribution in [0.1, 0.15) is 10.4 Å². The molecule has 0 amide bonds. The van der Waals surface area contributed by atoms with Gasteiger partial charge in [-0.15, -0.1) is 22.7 Å². The molecule has 3 rings (SSSR count). The number of carboxylic acids is 1. The molecule has 1 N–H and O–H groups in total. The predicted octanol–water partition coefficient (Wildman–Crippen LogP) is 4.84. The lowest BCUT2D eigenvalue weighted by Gasteiger charge is -2.06. The second-order valence-corrected chi connectivity index (χ2v) is 5.92. The third-order valence-corrected chi connectivity index (χ3v) is 4.66. The smallest absolute Gasteiger partial charge is 0.336 e. The lowest BCUT2D eigenvalue weighted by atomic mass is 10.0. The van der Waals surface area contributed by atoms with Crippen LogP contribution >= 0.6 is 22.7 Å². The highest BCUT2D eigenvalue weighted by atomic mass is 32.1. The Labute approximate surface area is 118 Å². The maximum absolute atomic E-state index is 11.4. The molecule has 2 nitrogen and oxygen atoms in total. The second kappa shape index (κ2) is 4.99. The van der Waals surface area contributed by atoms with Gasteiger partial charge in [0, 0.05) is 15.3 Å². The summed E-state index contributed by atoms with van der Waals surface area (Å²) in [6.45, 7) is 0. The Kier molecular flexibility index (Phi) is 3.19. The summed E-state index contributed by atoms with van der Waals surface area (Å²) < 4.78 is 0. The summed E-state index contributed by atoms with van der Waals surface area (Å²) in [7, 11) is 0. The van der Waals surface area contributed by atoms with Gasteiger partial charge < -0.3 is 5.11 Å². The molecular formula is C15H10O2S2. The molecule has 0 aliphatic heterocycles. The highest BCUT2D eigenvalue weighted by Gasteiger charge is 2.14. The van der Waals surface area contributed by atoms with Crippen molar-refractivity contribution < 1.29 is 9.90 Å². The average Bonchev–Trinajstić information content (AvgIpc) is 3.11. The van der Waals surface area contributed by atoms with Gasteiger partial charge in [-0.3, -0.25) is 0 Å². The molecule has 0 unspecified atom stereocenters. The molecule has 0 atom stereocenters. The van der Waals surface area contributed by atoms with Gasteiger partial charge in [-0.2, -0.15) is 0 Å². The number of carboxylic acid groups (broad SMARTS) is 1. The topological polar surface area (TPSA) is 37.3 Å². The first-order valence-corrected chi connectivity index (χ1v) is 7.47. The van der Waals surface area contributed by atoms with E-state index < -0.39 is 5.97 Å². The quantitative estimate of drug-likeness (QED) is 0.748. The first kappa shape index (κ1) is 12.1. The van der Waals surface area contributed by atoms with Crippen LogP contribution in [0.4, 0.5) is 0 Å². The number of thiophene rings is 2. The first-order chi connectivity index (χ1) is 9.25. The number of benzene rings is 1. The van der Waals surface area contributed by atoms with Crippen molar-refractivity contribution in [2.45, 2.75) is 0 Å². The average molecular weight is 286 g/mol. The van der Waals surface area contributed by atoms with Crippen molar-refractivity contribution in [2.24, 2.45) is 0 Å². The molecule has 94 valence electrons. The van der Waals surface area contributed by atoms with Gasteiger partial charge in [0.05, 0.1) is 5.56 Å². The summed E-state index contributed by atoms with van der Waals surface area (Å²) in [6.07, 6.45) is 0. The van der Waals surface area contributed by atoms with E-state index in [1.807, 2.05) is 47.2 Å². The van der Waals surface area contributed by atoms with E-state index in [9.17, 15) is 9.90 Å². The van der Waals surface area contributed by atoms with Gasteiger partial charge >= 0.3 is 5.97 Å². The van der Waals surface area contributed by atoms with Gasteiger partial charge in [-0.05, 0) is 34.5 Å². The van der Waals surface area contributed by atoms with Gasteiger partial charge in [0.15, 0.2) is 0 Å². The lowest BCUT2D eigenvalue weighted by molar-refractivity contribution is 0.0698. The monoisotopic (exact) mass is 286 g/mol. The maximum Gasteiger partial charge on any atom is 0.336 e. The molecule has 19 heavy (non-hydrogen) atoms. The van der Waals surface area contributed by atoms with Crippen molar-refractivity contribution in [3.8, 4) is 20.9 Å². The van der Waals surface area contributed by atoms with Crippen LogP contribution in [-0.2, 0) is 0 Å². The fourth-order valence-corrected chi connectivity index (χ4v) is 3.45. The zero-order valence-corrected chi connectivity index (χ0v) is 11.5. The Morgan fingerprint density at radius 3 is 2.21 bits per heavy atom. The van der Waals surface area contributed by atoms with Gasteiger partial charge in [0.1, 0.15) is 0 Å². The van der Waals surface area contributed by atoms with E-state index >= 15 is 0 Å². The number of hydrogen-bond acceptors (Lipinski definition) is 3. The molecule has 0 spiro atoms. The normalized spacial score (nSPS) is 10.5. The summed E-state index contributed by atoms with van der Waals surface area (Å²) in [6, 6.07) is 13.5. The van der Waals surface area contributed by atoms with Crippen LogP contribution < -0.4 is 0 Å². The number of hydrogen-bond donors (Lipinski definition) is 1. The fourth-order valence-electron chi connectivity index (χ4n) is 1.96. The fraction of sp³-hybridized carbons (Fsp3) is 0. The Morgan fingerprint density at radius 1 is 0.947 bits per heavy atom. The maximum atomic E-state index is 11.4. The van der Waals surface area contributed by atoms with Crippen molar-refractivity contribution in [3.63, 3.8) is 0 Å². The van der Waals surface area contributed by atoms with Gasteiger partial charge in [-0.25, -0.2) is 4.79 Å². The van der Waals surface area contributed by atoms with Crippen LogP contribution in [0.15, 0.2) is 53.2 Å². The standard InChI is InChI=1S/C15H10O2S2/c16-15(17)12-9-10(13-3-1-7-18-13)5-6-11(12)14-4-2-8-19-14/h1-9H,(H,16,17). The Morgan fingerprint density at radius 2 is 1.63 bits per heavy atom. The van der Waals surface area contributed by atoms with Crippen molar-refractivity contribution >= 4 is 28.6 Å². The van der Waals surface area contributed by atoms with Crippen LogP contribution in [-0.4, -0.2) is 11.1 Å². The first-order valence-electron chi connectivity index (χ1n) is 5.71. The Balaban J connectivity index is 2.15. The molecule has 0 saturated heterocycles. The van der Waals surface area contributed by atoms with E-state index in [4.69, 9.17) is 0 Å². The van der Waals surface area contributed by atoms with Gasteiger partial charge in [0.2, 0.25) is 0 Å². The summed E-state index contributed by atoms with van der Waals surface area (Å²) >= 11 is 3.16. The molecule has 3 aromatic rings. The summed E-state index contributed by atoms with van der Waals surface area (Å²) in [5, 5.41) is 13.3. The third kappa shape index (κ3) is 2.32. The molecule has 0 fully saturated rings. The number of aromatic carboxylic acids is 1. The molecule has 2 heterocycles. The zero-order valence-electron chi connectivity index (χ0n) is 9.87. The third-order valence-electron chi connectivity index (χ3n) is 2.84. The van der Waals surface area contributed by atoms with E-state index in [2.05, 4.69) is 0 Å². The predicted molar refractivity (Wildman–Crippen MR) is 80.0 cm³/mol. The van der Waals surface area contributed by atoms with Gasteiger partial charge in [-0.1, -0.05) is 24.3 Å². The highest BCUT2D eigenvalue weighted by molar-refractivity contribution is 7.13. The van der Waals surface area contributed by atoms with E-state index in [0.29, 0.717) is 5.56 Å². The van der Waals surface area contributed by atoms with Gasteiger partial charge in [0.25, 0.3) is 0 Å². The minimum atomic E-state index is -0.887. The molecule has 4 heteroatoms. The molecular weight excluding hydrogens is 276 g/mol. The summed E-state index contributed by atoms with van der Waals surface area (Å²) in [5.74, 6) is -0.887. The lowest BCUT2D eigenvalue weighted by Crippen LogP contribution is -1.99.